The van der Waals surface area contributed by atoms with Crippen LogP contribution in [0.15, 0.2) is 24.3 Å². The van der Waals surface area contributed by atoms with Gasteiger partial charge in [0.15, 0.2) is 5.78 Å². The zero-order valence-corrected chi connectivity index (χ0v) is 15.4. The molecule has 3 nitrogen and oxygen atoms in total. The van der Waals surface area contributed by atoms with Gasteiger partial charge in [0.05, 0.1) is 4.99 Å². The van der Waals surface area contributed by atoms with Gasteiger partial charge < -0.3 is 4.90 Å². The van der Waals surface area contributed by atoms with E-state index in [0.717, 1.165) is 19.3 Å². The number of likely N-dealkylation sites (tertiary alicyclic amines) is 1. The summed E-state index contributed by atoms with van der Waals surface area (Å²) in [4.78, 5) is 27.6. The number of halogens is 1. The molecule has 1 aliphatic heterocycles. The fourth-order valence-corrected chi connectivity index (χ4v) is 4.01. The molecule has 1 aliphatic carbocycles. The number of nitrogens with zero attached hydrogens (tertiary/aromatic N) is 1. The van der Waals surface area contributed by atoms with Crippen LogP contribution in [0.1, 0.15) is 57.1 Å². The van der Waals surface area contributed by atoms with Gasteiger partial charge in [-0.1, -0.05) is 37.3 Å². The van der Waals surface area contributed by atoms with Crippen LogP contribution in [0.3, 0.4) is 0 Å². The first-order valence-electron chi connectivity index (χ1n) is 9.13. The van der Waals surface area contributed by atoms with E-state index in [2.05, 4.69) is 0 Å². The number of rotatable bonds is 7. The minimum Gasteiger partial charge on any atom is -0.352 e. The van der Waals surface area contributed by atoms with Gasteiger partial charge in [-0.05, 0) is 31.7 Å². The van der Waals surface area contributed by atoms with Crippen molar-refractivity contribution in [1.82, 2.24) is 4.90 Å². The number of benzene rings is 1. The van der Waals surface area contributed by atoms with Crippen molar-refractivity contribution in [1.29, 1.82) is 0 Å². The van der Waals surface area contributed by atoms with E-state index in [1.54, 1.807) is 18.2 Å². The summed E-state index contributed by atoms with van der Waals surface area (Å²) >= 11 is 5.55. The summed E-state index contributed by atoms with van der Waals surface area (Å²) in [7, 11) is 0. The smallest absolute Gasteiger partial charge is 0.162 e. The second-order valence-electron chi connectivity index (χ2n) is 7.09. The molecule has 2 atom stereocenters. The van der Waals surface area contributed by atoms with Crippen LogP contribution in [0.2, 0.25) is 0 Å². The number of piperidine rings is 1. The van der Waals surface area contributed by atoms with Crippen molar-refractivity contribution >= 4 is 28.8 Å². The third-order valence-corrected chi connectivity index (χ3v) is 5.57. The van der Waals surface area contributed by atoms with Crippen molar-refractivity contribution < 1.29 is 14.0 Å². The van der Waals surface area contributed by atoms with E-state index in [4.69, 9.17) is 12.2 Å². The Kier molecular flexibility index (Phi) is 5.62. The van der Waals surface area contributed by atoms with Crippen molar-refractivity contribution in [2.45, 2.75) is 51.5 Å². The normalized spacial score (nSPS) is 21.9. The molecule has 3 rings (SSSR count). The maximum Gasteiger partial charge on any atom is 0.162 e. The van der Waals surface area contributed by atoms with Crippen molar-refractivity contribution in [2.75, 3.05) is 6.54 Å². The van der Waals surface area contributed by atoms with Gasteiger partial charge in [-0.3, -0.25) is 9.59 Å². The highest BCUT2D eigenvalue weighted by Crippen LogP contribution is 2.39. The molecule has 0 N–H and O–H groups in total. The number of Topliss-reactive ketones (excluding diaryl/α,β-unsaturated/α-hetero) is 2. The van der Waals surface area contributed by atoms with Crippen LogP contribution in [0.5, 0.6) is 0 Å². The lowest BCUT2D eigenvalue weighted by Crippen LogP contribution is -2.45. The lowest BCUT2D eigenvalue weighted by molar-refractivity contribution is -0.125. The highest BCUT2D eigenvalue weighted by Gasteiger charge is 2.42. The van der Waals surface area contributed by atoms with Crippen molar-refractivity contribution in [2.24, 2.45) is 11.8 Å². The Morgan fingerprint density at radius 1 is 1.24 bits per heavy atom. The molecular weight excluding hydrogens is 337 g/mol. The molecule has 1 saturated carbocycles. The van der Waals surface area contributed by atoms with Gasteiger partial charge in [-0.2, -0.15) is 0 Å². The minimum absolute atomic E-state index is 0.0202. The maximum absolute atomic E-state index is 14.4. The Hall–Kier alpha value is -1.62. The highest BCUT2D eigenvalue weighted by molar-refractivity contribution is 7.80. The first-order valence-corrected chi connectivity index (χ1v) is 9.54. The van der Waals surface area contributed by atoms with E-state index in [0.29, 0.717) is 36.4 Å². The zero-order valence-electron chi connectivity index (χ0n) is 14.5. The molecule has 1 saturated heterocycles. The third-order valence-electron chi connectivity index (χ3n) is 5.17. The Balaban J connectivity index is 1.83. The maximum atomic E-state index is 14.4. The molecule has 134 valence electrons. The number of hydrogen-bond donors (Lipinski definition) is 0. The summed E-state index contributed by atoms with van der Waals surface area (Å²) in [5, 5.41) is 0. The van der Waals surface area contributed by atoms with Crippen LogP contribution in [-0.2, 0) is 9.59 Å². The van der Waals surface area contributed by atoms with Crippen LogP contribution >= 0.6 is 12.2 Å². The van der Waals surface area contributed by atoms with Gasteiger partial charge in [0.25, 0.3) is 0 Å². The van der Waals surface area contributed by atoms with Crippen molar-refractivity contribution in [3.63, 3.8) is 0 Å². The van der Waals surface area contributed by atoms with Gasteiger partial charge >= 0.3 is 0 Å². The van der Waals surface area contributed by atoms with Crippen molar-refractivity contribution in [3.8, 4) is 0 Å². The van der Waals surface area contributed by atoms with E-state index in [9.17, 15) is 14.0 Å². The molecule has 1 aromatic rings. The van der Waals surface area contributed by atoms with Crippen LogP contribution in [0, 0.1) is 17.7 Å². The number of carbonyl (C=O) groups is 2. The average Bonchev–Trinajstić information content (AvgIpc) is 3.43. The van der Waals surface area contributed by atoms with Crippen LogP contribution in [0.4, 0.5) is 4.39 Å². The molecule has 25 heavy (non-hydrogen) atoms. The van der Waals surface area contributed by atoms with Gasteiger partial charge in [-0.25, -0.2) is 4.39 Å². The van der Waals surface area contributed by atoms with E-state index in [-0.39, 0.29) is 29.2 Å². The molecule has 2 unspecified atom stereocenters. The van der Waals surface area contributed by atoms with Crippen LogP contribution < -0.4 is 0 Å². The molecule has 0 bridgehead atoms. The topological polar surface area (TPSA) is 37.4 Å². The molecule has 1 heterocycles. The molecule has 2 fully saturated rings. The van der Waals surface area contributed by atoms with Crippen LogP contribution in [0.25, 0.3) is 0 Å². The van der Waals surface area contributed by atoms with Gasteiger partial charge in [0, 0.05) is 36.8 Å². The predicted molar refractivity (Wildman–Crippen MR) is 98.8 cm³/mol. The molecule has 0 aromatic heterocycles. The van der Waals surface area contributed by atoms with Crippen LogP contribution in [-0.4, -0.2) is 28.0 Å². The highest BCUT2D eigenvalue weighted by atomic mass is 32.1. The number of thiocarbonyl (C=S) groups is 1. The Morgan fingerprint density at radius 2 is 1.96 bits per heavy atom. The first-order chi connectivity index (χ1) is 12.0. The summed E-state index contributed by atoms with van der Waals surface area (Å²) in [5.41, 5.74) is 0.403. The van der Waals surface area contributed by atoms with Gasteiger partial charge in [0.2, 0.25) is 0 Å². The predicted octanol–water partition coefficient (Wildman–Crippen LogP) is 4.25. The summed E-state index contributed by atoms with van der Waals surface area (Å²) in [6.45, 7) is 2.53. The van der Waals surface area contributed by atoms with E-state index >= 15 is 0 Å². The molecule has 2 aliphatic rings. The second-order valence-corrected chi connectivity index (χ2v) is 7.57. The largest absolute Gasteiger partial charge is 0.352 e. The number of ketones is 2. The molecular formula is C20H24FNO2S. The molecule has 0 radical (unpaired) electrons. The number of hydrogen-bond acceptors (Lipinski definition) is 3. The molecule has 0 amide bonds. The summed E-state index contributed by atoms with van der Waals surface area (Å²) in [6.07, 6.45) is 4.35. The lowest BCUT2D eigenvalue weighted by Gasteiger charge is -2.39. The van der Waals surface area contributed by atoms with Crippen molar-refractivity contribution in [3.05, 3.63) is 35.6 Å². The van der Waals surface area contributed by atoms with Gasteiger partial charge in [0.1, 0.15) is 17.6 Å². The van der Waals surface area contributed by atoms with E-state index in [1.165, 1.54) is 6.07 Å². The molecule has 5 heteroatoms. The monoisotopic (exact) mass is 361 g/mol. The molecule has 0 spiro atoms. The van der Waals surface area contributed by atoms with E-state index < -0.39 is 6.04 Å². The number of carbonyl (C=O) groups excluding carboxylic acids is 2. The summed E-state index contributed by atoms with van der Waals surface area (Å²) in [6, 6.07) is 5.81. The second kappa shape index (κ2) is 7.73. The molecule has 1 aromatic carbocycles. The third kappa shape index (κ3) is 3.97. The van der Waals surface area contributed by atoms with E-state index in [1.807, 2.05) is 11.8 Å². The first kappa shape index (κ1) is 18.2. The van der Waals surface area contributed by atoms with Gasteiger partial charge in [-0.15, -0.1) is 0 Å². The Morgan fingerprint density at radius 3 is 2.56 bits per heavy atom. The SMILES string of the molecule is CCCC(=O)C1CCN(C(C(=O)C2CC2)c2ccccc2F)C(=S)C1. The Labute approximate surface area is 153 Å². The quantitative estimate of drug-likeness (QED) is 0.680. The average molecular weight is 361 g/mol. The standard InChI is InChI=1S/C20H24FNO2S/c1-2-5-17(23)14-10-11-22(18(25)12-14)19(20(24)13-8-9-13)15-6-3-4-7-16(15)21/h3-4,6-7,13-14,19H,2,5,8-12H2,1H3. The fourth-order valence-electron chi connectivity index (χ4n) is 3.61. The minimum atomic E-state index is -0.650. The fraction of sp³-hybridized carbons (Fsp3) is 0.550. The Bertz CT molecular complexity index is 686. The lowest BCUT2D eigenvalue weighted by atomic mass is 9.88. The summed E-state index contributed by atoms with van der Waals surface area (Å²) < 4.78 is 14.4. The zero-order chi connectivity index (χ0) is 18.0. The summed E-state index contributed by atoms with van der Waals surface area (Å²) in [5.74, 6) is -0.0902.